The number of aromatic nitrogens is 1. The number of carbonyl (C=O) groups excluding carboxylic acids is 1. The number of amides is 1. The molecule has 0 saturated carbocycles. The average Bonchev–Trinajstić information content (AvgIpc) is 2.05. The lowest BCUT2D eigenvalue weighted by atomic mass is 10.5. The van der Waals surface area contributed by atoms with E-state index in [0.29, 0.717) is 6.42 Å². The molecule has 4 heteroatoms. The molecule has 0 radical (unpaired) electrons. The minimum Gasteiger partial charge on any atom is -0.370 e. The number of hydrogen-bond acceptors (Lipinski definition) is 3. The first-order chi connectivity index (χ1) is 5.79. The van der Waals surface area contributed by atoms with Gasteiger partial charge in [0.15, 0.2) is 0 Å². The van der Waals surface area contributed by atoms with E-state index < -0.39 is 0 Å². The standard InChI is InChI=1S/C8H10N2OS/c9-8(11)3-6-12-7-1-4-10-5-2-7/h1-2,4-5H,3,6H2,(H2,9,11). The van der Waals surface area contributed by atoms with Gasteiger partial charge in [-0.3, -0.25) is 9.78 Å². The average molecular weight is 182 g/mol. The number of hydrogen-bond donors (Lipinski definition) is 1. The molecular formula is C8H10N2OS. The van der Waals surface area contributed by atoms with E-state index in [1.165, 1.54) is 0 Å². The second-order valence-electron chi connectivity index (χ2n) is 2.25. The number of carbonyl (C=O) groups is 1. The Bertz CT molecular complexity index is 250. The Morgan fingerprint density at radius 1 is 1.50 bits per heavy atom. The number of nitrogens with zero attached hydrogens (tertiary/aromatic N) is 1. The Hall–Kier alpha value is -1.03. The molecule has 2 N–H and O–H groups in total. The van der Waals surface area contributed by atoms with Gasteiger partial charge in [0.05, 0.1) is 0 Å². The van der Waals surface area contributed by atoms with E-state index in [-0.39, 0.29) is 5.91 Å². The van der Waals surface area contributed by atoms with Crippen molar-refractivity contribution in [3.8, 4) is 0 Å². The Labute approximate surface area is 75.4 Å². The maximum absolute atomic E-state index is 10.4. The van der Waals surface area contributed by atoms with Gasteiger partial charge in [0, 0.05) is 29.5 Å². The summed E-state index contributed by atoms with van der Waals surface area (Å²) < 4.78 is 0. The van der Waals surface area contributed by atoms with Crippen molar-refractivity contribution in [2.24, 2.45) is 5.73 Å². The molecule has 1 aromatic heterocycles. The van der Waals surface area contributed by atoms with Crippen molar-refractivity contribution >= 4 is 17.7 Å². The van der Waals surface area contributed by atoms with Crippen LogP contribution in [0.15, 0.2) is 29.4 Å². The van der Waals surface area contributed by atoms with Gasteiger partial charge < -0.3 is 5.73 Å². The maximum atomic E-state index is 10.4. The summed E-state index contributed by atoms with van der Waals surface area (Å²) in [5, 5.41) is 0. The summed E-state index contributed by atoms with van der Waals surface area (Å²) in [6, 6.07) is 3.82. The maximum Gasteiger partial charge on any atom is 0.218 e. The fourth-order valence-corrected chi connectivity index (χ4v) is 1.56. The van der Waals surface area contributed by atoms with Crippen LogP contribution in [0.3, 0.4) is 0 Å². The summed E-state index contributed by atoms with van der Waals surface area (Å²) in [6.45, 7) is 0. The van der Waals surface area contributed by atoms with Gasteiger partial charge in [-0.15, -0.1) is 11.8 Å². The highest BCUT2D eigenvalue weighted by molar-refractivity contribution is 7.99. The normalized spacial score (nSPS) is 9.67. The SMILES string of the molecule is NC(=O)CCSc1ccncc1. The largest absolute Gasteiger partial charge is 0.370 e. The molecule has 1 amide bonds. The summed E-state index contributed by atoms with van der Waals surface area (Å²) in [5.41, 5.74) is 4.99. The van der Waals surface area contributed by atoms with E-state index in [2.05, 4.69) is 4.98 Å². The Morgan fingerprint density at radius 3 is 2.75 bits per heavy atom. The molecule has 0 aliphatic rings. The summed E-state index contributed by atoms with van der Waals surface area (Å²) >= 11 is 1.61. The van der Waals surface area contributed by atoms with Crippen LogP contribution in [0.1, 0.15) is 6.42 Å². The zero-order valence-electron chi connectivity index (χ0n) is 6.56. The first kappa shape index (κ1) is 9.06. The highest BCUT2D eigenvalue weighted by Crippen LogP contribution is 2.16. The van der Waals surface area contributed by atoms with Gasteiger partial charge >= 0.3 is 0 Å². The van der Waals surface area contributed by atoms with Crippen LogP contribution in [0.4, 0.5) is 0 Å². The molecule has 0 spiro atoms. The molecule has 0 saturated heterocycles. The third-order valence-electron chi connectivity index (χ3n) is 1.27. The highest BCUT2D eigenvalue weighted by atomic mass is 32.2. The first-order valence-electron chi connectivity index (χ1n) is 3.60. The van der Waals surface area contributed by atoms with E-state index in [4.69, 9.17) is 5.73 Å². The molecule has 0 aromatic carbocycles. The van der Waals surface area contributed by atoms with Crippen LogP contribution >= 0.6 is 11.8 Å². The Morgan fingerprint density at radius 2 is 2.17 bits per heavy atom. The monoisotopic (exact) mass is 182 g/mol. The van der Waals surface area contributed by atoms with E-state index >= 15 is 0 Å². The summed E-state index contributed by atoms with van der Waals surface area (Å²) in [7, 11) is 0. The molecule has 12 heavy (non-hydrogen) atoms. The lowest BCUT2D eigenvalue weighted by Crippen LogP contribution is -2.10. The molecule has 0 aliphatic heterocycles. The lowest BCUT2D eigenvalue weighted by molar-refractivity contribution is -0.117. The highest BCUT2D eigenvalue weighted by Gasteiger charge is 1.95. The molecule has 0 bridgehead atoms. The van der Waals surface area contributed by atoms with Crippen molar-refractivity contribution in [1.82, 2.24) is 4.98 Å². The van der Waals surface area contributed by atoms with Crippen LogP contribution in [-0.2, 0) is 4.79 Å². The van der Waals surface area contributed by atoms with Gasteiger partial charge in [-0.05, 0) is 12.1 Å². The topological polar surface area (TPSA) is 56.0 Å². The quantitative estimate of drug-likeness (QED) is 0.708. The summed E-state index contributed by atoms with van der Waals surface area (Å²) in [4.78, 5) is 15.4. The van der Waals surface area contributed by atoms with Gasteiger partial charge in [-0.25, -0.2) is 0 Å². The Kier molecular flexibility index (Phi) is 3.60. The van der Waals surface area contributed by atoms with Crippen LogP contribution in [0.5, 0.6) is 0 Å². The van der Waals surface area contributed by atoms with Gasteiger partial charge in [0.2, 0.25) is 5.91 Å². The van der Waals surface area contributed by atoms with E-state index in [1.807, 2.05) is 12.1 Å². The number of primary amides is 1. The van der Waals surface area contributed by atoms with E-state index in [9.17, 15) is 4.79 Å². The second kappa shape index (κ2) is 4.77. The number of nitrogens with two attached hydrogens (primary N) is 1. The molecule has 0 atom stereocenters. The van der Waals surface area contributed by atoms with E-state index in [1.54, 1.807) is 24.2 Å². The molecule has 1 rings (SSSR count). The van der Waals surface area contributed by atoms with Gasteiger partial charge in [-0.1, -0.05) is 0 Å². The molecule has 1 heterocycles. The smallest absolute Gasteiger partial charge is 0.218 e. The predicted molar refractivity (Wildman–Crippen MR) is 48.8 cm³/mol. The van der Waals surface area contributed by atoms with Crippen LogP contribution in [0.2, 0.25) is 0 Å². The molecular weight excluding hydrogens is 172 g/mol. The second-order valence-corrected chi connectivity index (χ2v) is 3.42. The summed E-state index contributed by atoms with van der Waals surface area (Å²) in [5.74, 6) is 0.482. The summed E-state index contributed by atoms with van der Waals surface area (Å²) in [6.07, 6.45) is 3.88. The van der Waals surface area contributed by atoms with Crippen molar-refractivity contribution in [2.45, 2.75) is 11.3 Å². The third-order valence-corrected chi connectivity index (χ3v) is 2.28. The molecule has 3 nitrogen and oxygen atoms in total. The van der Waals surface area contributed by atoms with Crippen molar-refractivity contribution < 1.29 is 4.79 Å². The van der Waals surface area contributed by atoms with Gasteiger partial charge in [0.25, 0.3) is 0 Å². The molecule has 0 fully saturated rings. The predicted octanol–water partition coefficient (Wildman–Crippen LogP) is 1.05. The van der Waals surface area contributed by atoms with Crippen molar-refractivity contribution in [3.05, 3.63) is 24.5 Å². The van der Waals surface area contributed by atoms with Crippen LogP contribution < -0.4 is 5.73 Å². The molecule has 64 valence electrons. The van der Waals surface area contributed by atoms with Crippen molar-refractivity contribution in [3.63, 3.8) is 0 Å². The number of thioether (sulfide) groups is 1. The molecule has 0 unspecified atom stereocenters. The van der Waals surface area contributed by atoms with Gasteiger partial charge in [0.1, 0.15) is 0 Å². The fourth-order valence-electron chi connectivity index (χ4n) is 0.704. The zero-order chi connectivity index (χ0) is 8.81. The minimum absolute atomic E-state index is 0.253. The molecule has 0 aliphatic carbocycles. The lowest BCUT2D eigenvalue weighted by Gasteiger charge is -1.97. The van der Waals surface area contributed by atoms with Crippen LogP contribution in [-0.4, -0.2) is 16.6 Å². The number of pyridine rings is 1. The van der Waals surface area contributed by atoms with Crippen molar-refractivity contribution in [1.29, 1.82) is 0 Å². The number of rotatable bonds is 4. The third kappa shape index (κ3) is 3.39. The minimum atomic E-state index is -0.253. The Balaban J connectivity index is 2.29. The fraction of sp³-hybridized carbons (Fsp3) is 0.250. The van der Waals surface area contributed by atoms with E-state index in [0.717, 1.165) is 10.6 Å². The van der Waals surface area contributed by atoms with Crippen LogP contribution in [0.25, 0.3) is 0 Å². The van der Waals surface area contributed by atoms with Crippen molar-refractivity contribution in [2.75, 3.05) is 5.75 Å². The van der Waals surface area contributed by atoms with Gasteiger partial charge in [-0.2, -0.15) is 0 Å². The molecule has 1 aromatic rings. The zero-order valence-corrected chi connectivity index (χ0v) is 7.38. The first-order valence-corrected chi connectivity index (χ1v) is 4.59. The van der Waals surface area contributed by atoms with Crippen LogP contribution in [0, 0.1) is 0 Å².